The number of furan rings is 1. The number of cyclic esters (lactones) is 1. The van der Waals surface area contributed by atoms with E-state index < -0.39 is 5.97 Å². The monoisotopic (exact) mass is 345 g/mol. The number of halogens is 1. The summed E-state index contributed by atoms with van der Waals surface area (Å²) in [5, 5.41) is 0. The van der Waals surface area contributed by atoms with E-state index in [4.69, 9.17) is 9.15 Å². The molecule has 3 rings (SSSR count). The van der Waals surface area contributed by atoms with E-state index in [2.05, 4.69) is 20.9 Å². The van der Waals surface area contributed by atoms with Crippen LogP contribution in [0.5, 0.6) is 0 Å². The molecule has 21 heavy (non-hydrogen) atoms. The normalized spacial score (nSPS) is 16.1. The topological polar surface area (TPSA) is 51.8 Å². The van der Waals surface area contributed by atoms with Gasteiger partial charge in [-0.05, 0) is 29.8 Å². The summed E-state index contributed by atoms with van der Waals surface area (Å²) in [6.07, 6.45) is 4.52. The zero-order chi connectivity index (χ0) is 14.7. The highest BCUT2D eigenvalue weighted by Gasteiger charge is 2.23. The summed E-state index contributed by atoms with van der Waals surface area (Å²) in [6, 6.07) is 11.3. The van der Waals surface area contributed by atoms with E-state index in [1.807, 2.05) is 36.4 Å². The number of hydrogen-bond donors (Lipinski definition) is 0. The number of hydrogen-bond acceptors (Lipinski definition) is 4. The minimum absolute atomic E-state index is 0.316. The molecule has 5 heteroatoms. The van der Waals surface area contributed by atoms with Crippen LogP contribution in [0, 0.1) is 0 Å². The molecule has 0 unspecified atom stereocenters. The van der Waals surface area contributed by atoms with Gasteiger partial charge in [-0.15, -0.1) is 0 Å². The van der Waals surface area contributed by atoms with Crippen molar-refractivity contribution in [1.29, 1.82) is 0 Å². The van der Waals surface area contributed by atoms with Crippen LogP contribution in [0.25, 0.3) is 6.08 Å². The minimum Gasteiger partial charge on any atom is -0.469 e. The molecule has 1 aromatic heterocycles. The van der Waals surface area contributed by atoms with Gasteiger partial charge < -0.3 is 9.15 Å². The lowest BCUT2D eigenvalue weighted by Gasteiger charge is -1.97. The van der Waals surface area contributed by atoms with E-state index in [9.17, 15) is 4.79 Å². The molecule has 106 valence electrons. The highest BCUT2D eigenvalue weighted by atomic mass is 79.9. The summed E-state index contributed by atoms with van der Waals surface area (Å²) in [4.78, 5) is 16.1. The molecular weight excluding hydrogens is 334 g/mol. The fourth-order valence-corrected chi connectivity index (χ4v) is 2.38. The Morgan fingerprint density at radius 2 is 2.00 bits per heavy atom. The highest BCUT2D eigenvalue weighted by molar-refractivity contribution is 9.10. The van der Waals surface area contributed by atoms with Gasteiger partial charge in [0.15, 0.2) is 11.6 Å². The molecule has 0 saturated heterocycles. The predicted octanol–water partition coefficient (Wildman–Crippen LogP) is 3.97. The molecule has 1 aliphatic rings. The Kier molecular flexibility index (Phi) is 4.01. The first-order valence-electron chi connectivity index (χ1n) is 6.51. The van der Waals surface area contributed by atoms with Crippen LogP contribution in [0.4, 0.5) is 0 Å². The largest absolute Gasteiger partial charge is 0.469 e. The molecular formula is C16H12BrNO3. The second kappa shape index (κ2) is 6.10. The van der Waals surface area contributed by atoms with E-state index in [0.29, 0.717) is 24.4 Å². The van der Waals surface area contributed by atoms with Gasteiger partial charge >= 0.3 is 5.97 Å². The number of aliphatic imine (C=N–C) groups is 1. The standard InChI is InChI=1S/C16H12BrNO3/c17-13-6-2-1-4-11(13)10-14-16(19)21-15(18-14)8-7-12-5-3-9-20-12/h1-6,9-10H,7-8H2/b14-10-. The number of carbonyl (C=O) groups is 1. The lowest BCUT2D eigenvalue weighted by atomic mass is 10.2. The van der Waals surface area contributed by atoms with Gasteiger partial charge in [0.1, 0.15) is 5.76 Å². The first kappa shape index (κ1) is 13.8. The van der Waals surface area contributed by atoms with Crippen LogP contribution in [0.15, 0.2) is 62.2 Å². The first-order valence-corrected chi connectivity index (χ1v) is 7.30. The molecule has 0 aliphatic carbocycles. The van der Waals surface area contributed by atoms with Crippen LogP contribution in [0.2, 0.25) is 0 Å². The van der Waals surface area contributed by atoms with Gasteiger partial charge in [-0.25, -0.2) is 9.79 Å². The average Bonchev–Trinajstić information content (AvgIpc) is 3.10. The third kappa shape index (κ3) is 3.31. The van der Waals surface area contributed by atoms with Crippen LogP contribution in [-0.2, 0) is 16.0 Å². The zero-order valence-electron chi connectivity index (χ0n) is 11.1. The van der Waals surface area contributed by atoms with Crippen molar-refractivity contribution in [3.8, 4) is 0 Å². The lowest BCUT2D eigenvalue weighted by molar-refractivity contribution is -0.130. The Balaban J connectivity index is 1.74. The van der Waals surface area contributed by atoms with E-state index in [1.165, 1.54) is 0 Å². The van der Waals surface area contributed by atoms with E-state index in [1.54, 1.807) is 12.3 Å². The SMILES string of the molecule is O=C1OC(CCc2ccco2)=N/C1=C\c1ccccc1Br. The van der Waals surface area contributed by atoms with E-state index >= 15 is 0 Å². The van der Waals surface area contributed by atoms with Crippen molar-refractivity contribution in [2.45, 2.75) is 12.8 Å². The van der Waals surface area contributed by atoms with Gasteiger partial charge in [0, 0.05) is 17.3 Å². The Hall–Kier alpha value is -2.14. The van der Waals surface area contributed by atoms with Crippen molar-refractivity contribution in [1.82, 2.24) is 0 Å². The Labute approximate surface area is 130 Å². The molecule has 4 nitrogen and oxygen atoms in total. The molecule has 0 spiro atoms. The average molecular weight is 346 g/mol. The highest BCUT2D eigenvalue weighted by Crippen LogP contribution is 2.22. The molecule has 1 aromatic carbocycles. The summed E-state index contributed by atoms with van der Waals surface area (Å²) in [5.41, 5.74) is 1.21. The maximum atomic E-state index is 11.8. The fraction of sp³-hybridized carbons (Fsp3) is 0.125. The van der Waals surface area contributed by atoms with Gasteiger partial charge in [-0.1, -0.05) is 34.1 Å². The smallest absolute Gasteiger partial charge is 0.363 e. The number of rotatable bonds is 4. The predicted molar refractivity (Wildman–Crippen MR) is 82.7 cm³/mol. The summed E-state index contributed by atoms with van der Waals surface area (Å²) in [7, 11) is 0. The van der Waals surface area contributed by atoms with Crippen LogP contribution in [-0.4, -0.2) is 11.9 Å². The van der Waals surface area contributed by atoms with Crippen molar-refractivity contribution in [2.75, 3.05) is 0 Å². The fourth-order valence-electron chi connectivity index (χ4n) is 1.98. The lowest BCUT2D eigenvalue weighted by Crippen LogP contribution is -2.04. The van der Waals surface area contributed by atoms with Crippen LogP contribution < -0.4 is 0 Å². The Morgan fingerprint density at radius 1 is 1.14 bits per heavy atom. The number of benzene rings is 1. The molecule has 0 saturated carbocycles. The van der Waals surface area contributed by atoms with Gasteiger partial charge in [0.25, 0.3) is 0 Å². The summed E-state index contributed by atoms with van der Waals surface area (Å²) >= 11 is 3.44. The minimum atomic E-state index is -0.416. The van der Waals surface area contributed by atoms with Crippen molar-refractivity contribution in [3.05, 3.63) is 64.2 Å². The van der Waals surface area contributed by atoms with Crippen molar-refractivity contribution in [3.63, 3.8) is 0 Å². The molecule has 0 amide bonds. The Morgan fingerprint density at radius 3 is 2.76 bits per heavy atom. The van der Waals surface area contributed by atoms with Gasteiger partial charge in [0.05, 0.1) is 6.26 Å². The molecule has 2 heterocycles. The summed E-state index contributed by atoms with van der Waals surface area (Å²) in [6.45, 7) is 0. The molecule has 0 radical (unpaired) electrons. The second-order valence-electron chi connectivity index (χ2n) is 4.53. The van der Waals surface area contributed by atoms with E-state index in [0.717, 1.165) is 15.8 Å². The van der Waals surface area contributed by atoms with Crippen molar-refractivity contribution in [2.24, 2.45) is 4.99 Å². The molecule has 0 bridgehead atoms. The number of carbonyl (C=O) groups excluding carboxylic acids is 1. The molecule has 0 atom stereocenters. The van der Waals surface area contributed by atoms with Crippen LogP contribution in [0.3, 0.4) is 0 Å². The van der Waals surface area contributed by atoms with Crippen LogP contribution >= 0.6 is 15.9 Å². The van der Waals surface area contributed by atoms with Crippen molar-refractivity contribution >= 4 is 33.9 Å². The number of nitrogens with zero attached hydrogens (tertiary/aromatic N) is 1. The zero-order valence-corrected chi connectivity index (χ0v) is 12.7. The van der Waals surface area contributed by atoms with Crippen LogP contribution in [0.1, 0.15) is 17.7 Å². The third-order valence-corrected chi connectivity index (χ3v) is 3.75. The molecule has 0 fully saturated rings. The number of aryl methyl sites for hydroxylation is 1. The van der Waals surface area contributed by atoms with Gasteiger partial charge in [0.2, 0.25) is 0 Å². The number of esters is 1. The first-order chi connectivity index (χ1) is 10.2. The van der Waals surface area contributed by atoms with Gasteiger partial charge in [-0.2, -0.15) is 0 Å². The maximum Gasteiger partial charge on any atom is 0.363 e. The Bertz CT molecular complexity index is 717. The maximum absolute atomic E-state index is 11.8. The molecule has 0 N–H and O–H groups in total. The molecule has 1 aliphatic heterocycles. The number of ether oxygens (including phenoxy) is 1. The quantitative estimate of drug-likeness (QED) is 0.622. The summed E-state index contributed by atoms with van der Waals surface area (Å²) < 4.78 is 11.3. The van der Waals surface area contributed by atoms with E-state index in [-0.39, 0.29) is 0 Å². The molecule has 2 aromatic rings. The third-order valence-electron chi connectivity index (χ3n) is 3.03. The van der Waals surface area contributed by atoms with Crippen molar-refractivity contribution < 1.29 is 13.9 Å². The van der Waals surface area contributed by atoms with Gasteiger partial charge in [-0.3, -0.25) is 0 Å². The second-order valence-corrected chi connectivity index (χ2v) is 5.38. The summed E-state index contributed by atoms with van der Waals surface area (Å²) in [5.74, 6) is 0.854.